The van der Waals surface area contributed by atoms with Crippen molar-refractivity contribution in [3.05, 3.63) is 39.9 Å². The lowest BCUT2D eigenvalue weighted by Crippen LogP contribution is -2.02. The number of hydrogen-bond donors (Lipinski definition) is 0. The standard InChI is InChI=1S/C11H11BrClN3/c1-7-14-8(2)16(15-7)11-5-10(12)4-3-9(11)6-13/h3-5H,6H2,1-2H3. The molecule has 0 atom stereocenters. The van der Waals surface area contributed by atoms with Crippen LogP contribution in [0.3, 0.4) is 0 Å². The van der Waals surface area contributed by atoms with E-state index < -0.39 is 0 Å². The summed E-state index contributed by atoms with van der Waals surface area (Å²) in [6, 6.07) is 5.96. The average Bonchev–Trinajstić information content (AvgIpc) is 2.57. The Labute approximate surface area is 108 Å². The van der Waals surface area contributed by atoms with Gasteiger partial charge in [-0.05, 0) is 31.5 Å². The minimum atomic E-state index is 0.459. The molecular weight excluding hydrogens is 289 g/mol. The first kappa shape index (κ1) is 11.6. The normalized spacial score (nSPS) is 10.8. The van der Waals surface area contributed by atoms with E-state index in [0.717, 1.165) is 27.4 Å². The van der Waals surface area contributed by atoms with Crippen LogP contribution in [0.2, 0.25) is 0 Å². The molecule has 0 aliphatic heterocycles. The summed E-state index contributed by atoms with van der Waals surface area (Å²) in [7, 11) is 0. The maximum Gasteiger partial charge on any atom is 0.148 e. The van der Waals surface area contributed by atoms with E-state index in [0.29, 0.717) is 5.88 Å². The molecule has 2 rings (SSSR count). The van der Waals surface area contributed by atoms with Gasteiger partial charge in [-0.15, -0.1) is 11.6 Å². The van der Waals surface area contributed by atoms with Gasteiger partial charge >= 0.3 is 0 Å². The molecule has 5 heteroatoms. The molecule has 16 heavy (non-hydrogen) atoms. The average molecular weight is 301 g/mol. The van der Waals surface area contributed by atoms with Crippen LogP contribution in [-0.2, 0) is 5.88 Å². The van der Waals surface area contributed by atoms with Gasteiger partial charge in [0.2, 0.25) is 0 Å². The molecule has 0 unspecified atom stereocenters. The molecule has 2 aromatic rings. The number of hydrogen-bond acceptors (Lipinski definition) is 2. The van der Waals surface area contributed by atoms with Crippen LogP contribution in [0.15, 0.2) is 22.7 Å². The second-order valence-electron chi connectivity index (χ2n) is 3.52. The van der Waals surface area contributed by atoms with Crippen LogP contribution < -0.4 is 0 Å². The van der Waals surface area contributed by atoms with Crippen LogP contribution in [-0.4, -0.2) is 14.8 Å². The predicted molar refractivity (Wildman–Crippen MR) is 68.1 cm³/mol. The number of halogens is 2. The Morgan fingerprint density at radius 3 is 2.69 bits per heavy atom. The summed E-state index contributed by atoms with van der Waals surface area (Å²) in [6.07, 6.45) is 0. The van der Waals surface area contributed by atoms with Crippen LogP contribution in [0, 0.1) is 13.8 Å². The van der Waals surface area contributed by atoms with Crippen molar-refractivity contribution in [1.29, 1.82) is 0 Å². The number of rotatable bonds is 2. The predicted octanol–water partition coefficient (Wildman–Crippen LogP) is 3.39. The molecule has 0 amide bonds. The number of benzene rings is 1. The molecule has 84 valence electrons. The molecule has 0 spiro atoms. The lowest BCUT2D eigenvalue weighted by Gasteiger charge is -2.08. The van der Waals surface area contributed by atoms with E-state index in [-0.39, 0.29) is 0 Å². The molecule has 0 bridgehead atoms. The third kappa shape index (κ3) is 2.13. The molecular formula is C11H11BrClN3. The smallest absolute Gasteiger partial charge is 0.148 e. The van der Waals surface area contributed by atoms with Crippen LogP contribution in [0.25, 0.3) is 5.69 Å². The van der Waals surface area contributed by atoms with E-state index in [1.807, 2.05) is 36.7 Å². The SMILES string of the molecule is Cc1nc(C)n(-c2cc(Br)ccc2CCl)n1. The van der Waals surface area contributed by atoms with Crippen LogP contribution in [0.4, 0.5) is 0 Å². The van der Waals surface area contributed by atoms with Crippen molar-refractivity contribution in [3.8, 4) is 5.69 Å². The largest absolute Gasteiger partial charge is 0.218 e. The Hall–Kier alpha value is -0.870. The summed E-state index contributed by atoms with van der Waals surface area (Å²) in [6.45, 7) is 3.81. The van der Waals surface area contributed by atoms with Crippen molar-refractivity contribution >= 4 is 27.5 Å². The van der Waals surface area contributed by atoms with Gasteiger partial charge < -0.3 is 0 Å². The van der Waals surface area contributed by atoms with Crippen molar-refractivity contribution < 1.29 is 0 Å². The van der Waals surface area contributed by atoms with E-state index in [4.69, 9.17) is 11.6 Å². The van der Waals surface area contributed by atoms with Crippen LogP contribution in [0.1, 0.15) is 17.2 Å². The van der Waals surface area contributed by atoms with Crippen molar-refractivity contribution in [2.24, 2.45) is 0 Å². The summed E-state index contributed by atoms with van der Waals surface area (Å²) in [4.78, 5) is 4.29. The minimum Gasteiger partial charge on any atom is -0.218 e. The number of aryl methyl sites for hydroxylation is 2. The fourth-order valence-electron chi connectivity index (χ4n) is 1.60. The summed E-state index contributed by atoms with van der Waals surface area (Å²) >= 11 is 9.37. The fraction of sp³-hybridized carbons (Fsp3) is 0.273. The Bertz CT molecular complexity index is 522. The fourth-order valence-corrected chi connectivity index (χ4v) is 2.17. The molecule has 1 aromatic heterocycles. The van der Waals surface area contributed by atoms with Crippen LogP contribution >= 0.6 is 27.5 Å². The van der Waals surface area contributed by atoms with Crippen molar-refractivity contribution in [1.82, 2.24) is 14.8 Å². The van der Waals surface area contributed by atoms with Gasteiger partial charge in [0.15, 0.2) is 0 Å². The second kappa shape index (κ2) is 4.55. The maximum absolute atomic E-state index is 5.92. The molecule has 0 fully saturated rings. The molecule has 0 N–H and O–H groups in total. The second-order valence-corrected chi connectivity index (χ2v) is 4.71. The van der Waals surface area contributed by atoms with Gasteiger partial charge in [-0.25, -0.2) is 9.67 Å². The Kier molecular flexibility index (Phi) is 3.30. The van der Waals surface area contributed by atoms with Crippen LogP contribution in [0.5, 0.6) is 0 Å². The van der Waals surface area contributed by atoms with Gasteiger partial charge in [0, 0.05) is 10.4 Å². The Morgan fingerprint density at radius 2 is 2.12 bits per heavy atom. The van der Waals surface area contributed by atoms with E-state index in [9.17, 15) is 0 Å². The molecule has 3 nitrogen and oxygen atoms in total. The summed E-state index contributed by atoms with van der Waals surface area (Å²) < 4.78 is 2.82. The topological polar surface area (TPSA) is 30.7 Å². The molecule has 0 saturated heterocycles. The number of alkyl halides is 1. The first-order valence-electron chi connectivity index (χ1n) is 4.87. The van der Waals surface area contributed by atoms with Crippen molar-refractivity contribution in [3.63, 3.8) is 0 Å². The zero-order valence-corrected chi connectivity index (χ0v) is 11.4. The Balaban J connectivity index is 2.62. The molecule has 1 aromatic carbocycles. The van der Waals surface area contributed by atoms with Crippen molar-refractivity contribution in [2.75, 3.05) is 0 Å². The molecule has 0 aliphatic carbocycles. The van der Waals surface area contributed by atoms with Gasteiger partial charge in [-0.2, -0.15) is 5.10 Å². The third-order valence-electron chi connectivity index (χ3n) is 2.29. The van der Waals surface area contributed by atoms with Crippen molar-refractivity contribution in [2.45, 2.75) is 19.7 Å². The molecule has 1 heterocycles. The monoisotopic (exact) mass is 299 g/mol. The zero-order valence-electron chi connectivity index (χ0n) is 9.04. The van der Waals surface area contributed by atoms with Gasteiger partial charge in [0.1, 0.15) is 11.6 Å². The summed E-state index contributed by atoms with van der Waals surface area (Å²) in [5.41, 5.74) is 2.01. The highest BCUT2D eigenvalue weighted by atomic mass is 79.9. The molecule has 0 saturated carbocycles. The lowest BCUT2D eigenvalue weighted by atomic mass is 10.2. The number of aromatic nitrogens is 3. The quantitative estimate of drug-likeness (QED) is 0.796. The molecule has 0 radical (unpaired) electrons. The van der Waals surface area contributed by atoms with E-state index in [2.05, 4.69) is 26.0 Å². The van der Waals surface area contributed by atoms with E-state index >= 15 is 0 Å². The van der Waals surface area contributed by atoms with Gasteiger partial charge in [-0.1, -0.05) is 22.0 Å². The first-order chi connectivity index (χ1) is 7.61. The molecule has 0 aliphatic rings. The highest BCUT2D eigenvalue weighted by Crippen LogP contribution is 2.22. The van der Waals surface area contributed by atoms with Gasteiger partial charge in [0.05, 0.1) is 5.69 Å². The van der Waals surface area contributed by atoms with E-state index in [1.54, 1.807) is 0 Å². The Morgan fingerprint density at radius 1 is 1.38 bits per heavy atom. The van der Waals surface area contributed by atoms with Gasteiger partial charge in [-0.3, -0.25) is 0 Å². The summed E-state index contributed by atoms with van der Waals surface area (Å²) in [5, 5.41) is 4.36. The zero-order chi connectivity index (χ0) is 11.7. The van der Waals surface area contributed by atoms with Gasteiger partial charge in [0.25, 0.3) is 0 Å². The first-order valence-corrected chi connectivity index (χ1v) is 6.19. The highest BCUT2D eigenvalue weighted by molar-refractivity contribution is 9.10. The highest BCUT2D eigenvalue weighted by Gasteiger charge is 2.09. The number of nitrogens with zero attached hydrogens (tertiary/aromatic N) is 3. The third-order valence-corrected chi connectivity index (χ3v) is 3.08. The summed E-state index contributed by atoms with van der Waals surface area (Å²) in [5.74, 6) is 2.08. The minimum absolute atomic E-state index is 0.459. The maximum atomic E-state index is 5.92. The van der Waals surface area contributed by atoms with E-state index in [1.165, 1.54) is 0 Å². The lowest BCUT2D eigenvalue weighted by molar-refractivity contribution is 0.823.